The monoisotopic (exact) mass is 450 g/mol. The Bertz CT molecular complexity index is 1050. The van der Waals surface area contributed by atoms with E-state index < -0.39 is 5.54 Å². The van der Waals surface area contributed by atoms with Gasteiger partial charge in [0.05, 0.1) is 6.42 Å². The summed E-state index contributed by atoms with van der Waals surface area (Å²) in [6, 6.07) is 7.91. The number of aromatic nitrogens is 2. The van der Waals surface area contributed by atoms with Crippen molar-refractivity contribution in [3.8, 4) is 5.75 Å². The molecular formula is C24H30N6O3. The Kier molecular flexibility index (Phi) is 5.65. The molecule has 2 aliphatic heterocycles. The molecule has 5 rings (SSSR count). The van der Waals surface area contributed by atoms with Crippen molar-refractivity contribution in [2.75, 3.05) is 37.5 Å². The molecule has 2 amide bonds. The molecule has 33 heavy (non-hydrogen) atoms. The average molecular weight is 451 g/mol. The molecule has 1 unspecified atom stereocenters. The van der Waals surface area contributed by atoms with Crippen LogP contribution in [0.1, 0.15) is 37.7 Å². The molecule has 3 aliphatic rings. The fourth-order valence-electron chi connectivity index (χ4n) is 5.16. The van der Waals surface area contributed by atoms with Crippen LogP contribution in [0.3, 0.4) is 0 Å². The van der Waals surface area contributed by atoms with Crippen molar-refractivity contribution < 1.29 is 14.3 Å². The van der Waals surface area contributed by atoms with Crippen LogP contribution in [0.5, 0.6) is 5.75 Å². The van der Waals surface area contributed by atoms with Crippen LogP contribution in [-0.4, -0.2) is 65.5 Å². The zero-order valence-electron chi connectivity index (χ0n) is 19.1. The maximum Gasteiger partial charge on any atom is 0.253 e. The number of nitrogens with zero attached hydrogens (tertiary/aromatic N) is 4. The number of hydrogen-bond donors (Lipinski definition) is 2. The Hall–Kier alpha value is -3.20. The number of amides is 2. The van der Waals surface area contributed by atoms with Gasteiger partial charge in [-0.15, -0.1) is 0 Å². The number of anilines is 3. The third-order valence-electron chi connectivity index (χ3n) is 6.75. The van der Waals surface area contributed by atoms with Gasteiger partial charge in [0.15, 0.2) is 0 Å². The first-order valence-electron chi connectivity index (χ1n) is 11.6. The lowest BCUT2D eigenvalue weighted by atomic mass is 9.91. The summed E-state index contributed by atoms with van der Waals surface area (Å²) in [5.41, 5.74) is 0.901. The molecule has 0 bridgehead atoms. The highest BCUT2D eigenvalue weighted by Crippen LogP contribution is 2.46. The molecule has 1 aromatic carbocycles. The van der Waals surface area contributed by atoms with E-state index in [0.717, 1.165) is 55.0 Å². The summed E-state index contributed by atoms with van der Waals surface area (Å²) in [4.78, 5) is 38.6. The van der Waals surface area contributed by atoms with Crippen molar-refractivity contribution >= 4 is 29.3 Å². The van der Waals surface area contributed by atoms with Gasteiger partial charge in [-0.05, 0) is 51.2 Å². The van der Waals surface area contributed by atoms with Gasteiger partial charge in [0.25, 0.3) is 5.91 Å². The molecule has 2 N–H and O–H groups in total. The topological polar surface area (TPSA) is 99.7 Å². The normalized spacial score (nSPS) is 22.3. The van der Waals surface area contributed by atoms with E-state index in [1.807, 2.05) is 38.4 Å². The predicted molar refractivity (Wildman–Crippen MR) is 125 cm³/mol. The molecule has 1 atom stereocenters. The zero-order chi connectivity index (χ0) is 23.0. The minimum absolute atomic E-state index is 0.177. The third kappa shape index (κ3) is 4.13. The number of carbonyl (C=O) groups is 2. The number of imide groups is 1. The Labute approximate surface area is 193 Å². The van der Waals surface area contributed by atoms with Gasteiger partial charge in [-0.1, -0.05) is 12.8 Å². The van der Waals surface area contributed by atoms with E-state index in [-0.39, 0.29) is 24.3 Å². The summed E-state index contributed by atoms with van der Waals surface area (Å²) in [6.07, 6.45) is 6.70. The molecule has 1 aromatic heterocycles. The zero-order valence-corrected chi connectivity index (χ0v) is 19.1. The standard InChI is InChI=1S/C24H30N6O3/c1-29(2)11-12-33-19-9-7-17(8-10-19)26-23-25-15-16-13-24(14-20(31)27-22(24)32)30(21(16)28-23)18-5-3-4-6-18/h7-10,15,18H,3-6,11-14H2,1-2H3,(H,25,26,28)(H,27,31,32). The number of fused-ring (bicyclic) bond motifs is 1. The largest absolute Gasteiger partial charge is 0.492 e. The van der Waals surface area contributed by atoms with Gasteiger partial charge in [-0.25, -0.2) is 4.98 Å². The van der Waals surface area contributed by atoms with Crippen LogP contribution >= 0.6 is 0 Å². The van der Waals surface area contributed by atoms with Crippen molar-refractivity contribution in [3.63, 3.8) is 0 Å². The van der Waals surface area contributed by atoms with Gasteiger partial charge in [-0.2, -0.15) is 4.98 Å². The number of carbonyl (C=O) groups excluding carboxylic acids is 2. The van der Waals surface area contributed by atoms with Crippen molar-refractivity contribution in [3.05, 3.63) is 36.0 Å². The lowest BCUT2D eigenvalue weighted by Crippen LogP contribution is -2.56. The van der Waals surface area contributed by atoms with E-state index in [1.165, 1.54) is 0 Å². The van der Waals surface area contributed by atoms with Gasteiger partial charge < -0.3 is 19.9 Å². The first-order chi connectivity index (χ1) is 15.9. The third-order valence-corrected chi connectivity index (χ3v) is 6.75. The Morgan fingerprint density at radius 1 is 1.18 bits per heavy atom. The van der Waals surface area contributed by atoms with Gasteiger partial charge in [0.2, 0.25) is 11.9 Å². The van der Waals surface area contributed by atoms with E-state index in [9.17, 15) is 9.59 Å². The first-order valence-corrected chi connectivity index (χ1v) is 11.6. The summed E-state index contributed by atoms with van der Waals surface area (Å²) in [5, 5.41) is 5.79. The van der Waals surface area contributed by atoms with Gasteiger partial charge in [0, 0.05) is 36.5 Å². The summed E-state index contributed by atoms with van der Waals surface area (Å²) in [6.45, 7) is 1.48. The number of benzene rings is 1. The van der Waals surface area contributed by atoms with Crippen LogP contribution in [-0.2, 0) is 16.0 Å². The Balaban J connectivity index is 1.36. The van der Waals surface area contributed by atoms with Crippen LogP contribution in [0.25, 0.3) is 0 Å². The number of likely N-dealkylation sites (N-methyl/N-ethyl adjacent to an activating group) is 1. The van der Waals surface area contributed by atoms with Gasteiger partial charge in [0.1, 0.15) is 23.7 Å². The number of ether oxygens (including phenoxy) is 1. The molecule has 1 aliphatic carbocycles. The molecule has 0 radical (unpaired) electrons. The molecule has 2 fully saturated rings. The van der Waals surface area contributed by atoms with Crippen LogP contribution < -0.4 is 20.3 Å². The SMILES string of the molecule is CN(C)CCOc1ccc(Nc2ncc3c(n2)N(C2CCCC2)C2(CC(=O)NC2=O)C3)cc1. The lowest BCUT2D eigenvalue weighted by molar-refractivity contribution is -0.126. The second kappa shape index (κ2) is 8.62. The molecule has 1 spiro atoms. The van der Waals surface area contributed by atoms with Crippen LogP contribution in [0.15, 0.2) is 30.5 Å². The molecular weight excluding hydrogens is 420 g/mol. The first kappa shape index (κ1) is 21.6. The Morgan fingerprint density at radius 2 is 1.94 bits per heavy atom. The molecule has 9 heteroatoms. The van der Waals surface area contributed by atoms with Crippen molar-refractivity contribution in [2.45, 2.75) is 50.1 Å². The maximum atomic E-state index is 12.9. The molecule has 2 aromatic rings. The van der Waals surface area contributed by atoms with E-state index in [1.54, 1.807) is 6.20 Å². The van der Waals surface area contributed by atoms with Crippen LogP contribution in [0, 0.1) is 0 Å². The summed E-state index contributed by atoms with van der Waals surface area (Å²) < 4.78 is 5.75. The van der Waals surface area contributed by atoms with Crippen LogP contribution in [0.2, 0.25) is 0 Å². The molecule has 3 heterocycles. The number of rotatable bonds is 7. The highest BCUT2D eigenvalue weighted by molar-refractivity contribution is 6.11. The quantitative estimate of drug-likeness (QED) is 0.620. The Morgan fingerprint density at radius 3 is 2.61 bits per heavy atom. The molecule has 174 valence electrons. The predicted octanol–water partition coefficient (Wildman–Crippen LogP) is 2.25. The second-order valence-electron chi connectivity index (χ2n) is 9.41. The fourth-order valence-corrected chi connectivity index (χ4v) is 5.16. The lowest BCUT2D eigenvalue weighted by Gasteiger charge is -2.38. The number of hydrogen-bond acceptors (Lipinski definition) is 8. The van der Waals surface area contributed by atoms with Gasteiger partial charge in [-0.3, -0.25) is 14.9 Å². The van der Waals surface area contributed by atoms with Crippen molar-refractivity contribution in [1.82, 2.24) is 20.2 Å². The molecule has 1 saturated carbocycles. The fraction of sp³-hybridized carbons (Fsp3) is 0.500. The summed E-state index contributed by atoms with van der Waals surface area (Å²) in [7, 11) is 4.03. The highest BCUT2D eigenvalue weighted by atomic mass is 16.5. The minimum Gasteiger partial charge on any atom is -0.492 e. The van der Waals surface area contributed by atoms with Crippen LogP contribution in [0.4, 0.5) is 17.5 Å². The molecule has 1 saturated heterocycles. The van der Waals surface area contributed by atoms with E-state index in [4.69, 9.17) is 9.72 Å². The second-order valence-corrected chi connectivity index (χ2v) is 9.41. The maximum absolute atomic E-state index is 12.9. The number of nitrogens with one attached hydrogen (secondary N) is 2. The minimum atomic E-state index is -0.868. The summed E-state index contributed by atoms with van der Waals surface area (Å²) in [5.74, 6) is 1.63. The smallest absolute Gasteiger partial charge is 0.253 e. The van der Waals surface area contributed by atoms with Gasteiger partial charge >= 0.3 is 0 Å². The van der Waals surface area contributed by atoms with E-state index in [0.29, 0.717) is 19.0 Å². The van der Waals surface area contributed by atoms with E-state index in [2.05, 4.69) is 25.4 Å². The molecule has 9 nitrogen and oxygen atoms in total. The van der Waals surface area contributed by atoms with Crippen molar-refractivity contribution in [1.29, 1.82) is 0 Å². The highest BCUT2D eigenvalue weighted by Gasteiger charge is 2.58. The summed E-state index contributed by atoms with van der Waals surface area (Å²) >= 11 is 0. The van der Waals surface area contributed by atoms with Crippen molar-refractivity contribution in [2.24, 2.45) is 0 Å². The average Bonchev–Trinajstić information content (AvgIpc) is 3.47. The van der Waals surface area contributed by atoms with E-state index >= 15 is 0 Å².